The Morgan fingerprint density at radius 1 is 1.03 bits per heavy atom. The number of likely N-dealkylation sites (N-methyl/N-ethyl adjacent to an activating group) is 1. The summed E-state index contributed by atoms with van der Waals surface area (Å²) < 4.78 is 1.51. The Hall–Kier alpha value is -2.97. The van der Waals surface area contributed by atoms with Crippen LogP contribution in [-0.4, -0.2) is 77.5 Å². The first kappa shape index (κ1) is 21.9. The molecule has 0 spiro atoms. The van der Waals surface area contributed by atoms with E-state index in [2.05, 4.69) is 51.0 Å². The van der Waals surface area contributed by atoms with E-state index in [0.717, 1.165) is 56.8 Å². The summed E-state index contributed by atoms with van der Waals surface area (Å²) in [5.41, 5.74) is 3.61. The molecule has 33 heavy (non-hydrogen) atoms. The summed E-state index contributed by atoms with van der Waals surface area (Å²) in [6.07, 6.45) is 3.54. The molecule has 0 bridgehead atoms. The molecule has 8 heteroatoms. The van der Waals surface area contributed by atoms with Crippen molar-refractivity contribution in [1.82, 2.24) is 19.4 Å². The lowest BCUT2D eigenvalue weighted by atomic mass is 9.98. The van der Waals surface area contributed by atoms with Gasteiger partial charge < -0.3 is 24.4 Å². The van der Waals surface area contributed by atoms with E-state index in [9.17, 15) is 9.90 Å². The predicted octanol–water partition coefficient (Wildman–Crippen LogP) is 1.96. The van der Waals surface area contributed by atoms with Gasteiger partial charge in [-0.1, -0.05) is 12.1 Å². The van der Waals surface area contributed by atoms with Crippen LogP contribution in [0.15, 0.2) is 41.5 Å². The predicted molar refractivity (Wildman–Crippen MR) is 132 cm³/mol. The summed E-state index contributed by atoms with van der Waals surface area (Å²) in [6.45, 7) is 5.87. The molecule has 2 fully saturated rings. The Morgan fingerprint density at radius 3 is 2.52 bits per heavy atom. The van der Waals surface area contributed by atoms with Gasteiger partial charge in [-0.25, -0.2) is 9.97 Å². The van der Waals surface area contributed by atoms with Gasteiger partial charge in [0.2, 0.25) is 0 Å². The van der Waals surface area contributed by atoms with E-state index in [0.29, 0.717) is 23.3 Å². The average Bonchev–Trinajstić information content (AvgIpc) is 2.86. The second-order valence-electron chi connectivity index (χ2n) is 9.36. The van der Waals surface area contributed by atoms with Gasteiger partial charge in [0.15, 0.2) is 0 Å². The van der Waals surface area contributed by atoms with Crippen molar-refractivity contribution in [2.45, 2.75) is 12.8 Å². The van der Waals surface area contributed by atoms with Crippen molar-refractivity contribution in [1.29, 1.82) is 0 Å². The molecule has 0 amide bonds. The summed E-state index contributed by atoms with van der Waals surface area (Å²) in [6, 6.07) is 10.5. The number of hydrogen-bond acceptors (Lipinski definition) is 7. The molecule has 1 N–H and O–H groups in total. The van der Waals surface area contributed by atoms with Gasteiger partial charge in [-0.05, 0) is 44.0 Å². The van der Waals surface area contributed by atoms with Crippen LogP contribution in [0.2, 0.25) is 0 Å². The smallest absolute Gasteiger partial charge is 0.264 e. The van der Waals surface area contributed by atoms with Crippen molar-refractivity contribution in [2.24, 2.45) is 13.0 Å². The number of piperazine rings is 1. The Balaban J connectivity index is 1.54. The van der Waals surface area contributed by atoms with Crippen LogP contribution in [0.3, 0.4) is 0 Å². The average molecular weight is 449 g/mol. The summed E-state index contributed by atoms with van der Waals surface area (Å²) in [5, 5.41) is 10.3. The number of fused-ring (bicyclic) bond motifs is 1. The minimum absolute atomic E-state index is 0.0920. The van der Waals surface area contributed by atoms with Gasteiger partial charge in [0.25, 0.3) is 5.56 Å². The van der Waals surface area contributed by atoms with Gasteiger partial charge in [0.1, 0.15) is 11.2 Å². The molecule has 2 saturated heterocycles. The fraction of sp³-hybridized carbons (Fsp3) is 0.480. The van der Waals surface area contributed by atoms with Gasteiger partial charge in [-0.2, -0.15) is 0 Å². The van der Waals surface area contributed by atoms with Crippen molar-refractivity contribution in [2.75, 3.05) is 62.7 Å². The van der Waals surface area contributed by atoms with Crippen LogP contribution < -0.4 is 15.4 Å². The Morgan fingerprint density at radius 2 is 1.79 bits per heavy atom. The molecular formula is C25H32N6O2. The van der Waals surface area contributed by atoms with E-state index in [4.69, 9.17) is 4.98 Å². The molecule has 1 atom stereocenters. The third-order valence-corrected chi connectivity index (χ3v) is 6.99. The fourth-order valence-corrected chi connectivity index (χ4v) is 4.89. The van der Waals surface area contributed by atoms with E-state index in [1.807, 2.05) is 6.07 Å². The maximum absolute atomic E-state index is 13.0. The van der Waals surface area contributed by atoms with Crippen LogP contribution >= 0.6 is 0 Å². The number of aryl methyl sites for hydroxylation is 1. The van der Waals surface area contributed by atoms with Gasteiger partial charge >= 0.3 is 0 Å². The lowest BCUT2D eigenvalue weighted by Gasteiger charge is -2.34. The van der Waals surface area contributed by atoms with Crippen molar-refractivity contribution in [3.63, 3.8) is 0 Å². The topological polar surface area (TPSA) is 77.7 Å². The van der Waals surface area contributed by atoms with Crippen molar-refractivity contribution < 1.29 is 5.11 Å². The first-order valence-electron chi connectivity index (χ1n) is 11.8. The number of aliphatic hydroxyl groups is 1. The van der Waals surface area contributed by atoms with E-state index in [1.165, 1.54) is 10.3 Å². The summed E-state index contributed by atoms with van der Waals surface area (Å²) >= 11 is 0. The number of aromatic nitrogens is 3. The van der Waals surface area contributed by atoms with Gasteiger partial charge in [-0.15, -0.1) is 0 Å². The minimum atomic E-state index is -0.0920. The Kier molecular flexibility index (Phi) is 6.03. The zero-order valence-corrected chi connectivity index (χ0v) is 19.4. The molecule has 2 aromatic heterocycles. The quantitative estimate of drug-likeness (QED) is 0.654. The molecule has 0 unspecified atom stereocenters. The molecule has 2 aliphatic rings. The van der Waals surface area contributed by atoms with Gasteiger partial charge in [-0.3, -0.25) is 4.79 Å². The highest BCUT2D eigenvalue weighted by molar-refractivity contribution is 5.92. The number of nitrogens with zero attached hydrogens (tertiary/aromatic N) is 6. The molecule has 0 aliphatic carbocycles. The number of anilines is 2. The minimum Gasteiger partial charge on any atom is -0.396 e. The monoisotopic (exact) mass is 448 g/mol. The van der Waals surface area contributed by atoms with Crippen molar-refractivity contribution >= 4 is 22.4 Å². The molecule has 2 aliphatic heterocycles. The van der Waals surface area contributed by atoms with Crippen molar-refractivity contribution in [3.05, 3.63) is 47.0 Å². The van der Waals surface area contributed by atoms with E-state index in [-0.39, 0.29) is 18.1 Å². The van der Waals surface area contributed by atoms with Crippen LogP contribution in [0, 0.1) is 5.92 Å². The van der Waals surface area contributed by atoms with Gasteiger partial charge in [0, 0.05) is 64.2 Å². The van der Waals surface area contributed by atoms with Crippen molar-refractivity contribution in [3.8, 4) is 11.3 Å². The molecule has 174 valence electrons. The van der Waals surface area contributed by atoms with E-state index < -0.39 is 0 Å². The lowest BCUT2D eigenvalue weighted by molar-refractivity contribution is 0.208. The standard InChI is InChI=1S/C25H32N6O2/c1-28-10-12-30(13-11-28)20-7-5-19(6-8-20)21-14-22-23(25(33)29(2)17-26-22)24(27-21)31-9-3-4-18(15-31)16-32/h5-8,14,17-18,32H,3-4,9-13,15-16H2,1-2H3/t18-/m0/s1. The fourth-order valence-electron chi connectivity index (χ4n) is 4.89. The molecule has 4 heterocycles. The van der Waals surface area contributed by atoms with Crippen LogP contribution in [-0.2, 0) is 7.05 Å². The highest BCUT2D eigenvalue weighted by atomic mass is 16.3. The number of hydrogen-bond donors (Lipinski definition) is 1. The number of benzene rings is 1. The molecule has 8 nitrogen and oxygen atoms in total. The highest BCUT2D eigenvalue weighted by Gasteiger charge is 2.24. The highest BCUT2D eigenvalue weighted by Crippen LogP contribution is 2.31. The lowest BCUT2D eigenvalue weighted by Crippen LogP contribution is -2.44. The van der Waals surface area contributed by atoms with Crippen LogP contribution in [0.25, 0.3) is 22.2 Å². The Bertz CT molecular complexity index is 1180. The first-order valence-corrected chi connectivity index (χ1v) is 11.8. The molecule has 1 aromatic carbocycles. The molecular weight excluding hydrogens is 416 g/mol. The summed E-state index contributed by atoms with van der Waals surface area (Å²) in [7, 11) is 3.88. The van der Waals surface area contributed by atoms with E-state index >= 15 is 0 Å². The first-order chi connectivity index (χ1) is 16.0. The molecule has 0 saturated carbocycles. The number of aliphatic hydroxyl groups excluding tert-OH is 1. The maximum atomic E-state index is 13.0. The molecule has 5 rings (SSSR count). The third-order valence-electron chi connectivity index (χ3n) is 6.99. The normalized spacial score (nSPS) is 19.9. The summed E-state index contributed by atoms with van der Waals surface area (Å²) in [4.78, 5) is 29.5. The number of rotatable bonds is 4. The SMILES string of the molecule is CN1CCN(c2ccc(-c3cc4ncn(C)c(=O)c4c(N4CCC[C@H](CO)C4)n3)cc2)CC1. The largest absolute Gasteiger partial charge is 0.396 e. The molecule has 3 aromatic rings. The number of piperidine rings is 1. The second-order valence-corrected chi connectivity index (χ2v) is 9.36. The Labute approximate surface area is 194 Å². The zero-order chi connectivity index (χ0) is 22.9. The summed E-state index contributed by atoms with van der Waals surface area (Å²) in [5.74, 6) is 0.875. The van der Waals surface area contributed by atoms with Crippen LogP contribution in [0.5, 0.6) is 0 Å². The second kappa shape index (κ2) is 9.11. The molecule has 0 radical (unpaired) electrons. The van der Waals surface area contributed by atoms with Crippen LogP contribution in [0.4, 0.5) is 11.5 Å². The number of pyridine rings is 1. The van der Waals surface area contributed by atoms with E-state index in [1.54, 1.807) is 13.4 Å². The third kappa shape index (κ3) is 4.32. The van der Waals surface area contributed by atoms with Crippen LogP contribution in [0.1, 0.15) is 12.8 Å². The maximum Gasteiger partial charge on any atom is 0.264 e. The van der Waals surface area contributed by atoms with Gasteiger partial charge in [0.05, 0.1) is 17.5 Å². The zero-order valence-electron chi connectivity index (χ0n) is 19.4.